The summed E-state index contributed by atoms with van der Waals surface area (Å²) < 4.78 is 0. The van der Waals surface area contributed by atoms with E-state index in [-0.39, 0.29) is 42.6 Å². The van der Waals surface area contributed by atoms with Gasteiger partial charge in [0.25, 0.3) is 0 Å². The van der Waals surface area contributed by atoms with Gasteiger partial charge in [-0.05, 0) is 12.8 Å². The number of carbonyl (C=O) groups is 1. The first-order valence-corrected chi connectivity index (χ1v) is 10.1. The van der Waals surface area contributed by atoms with Crippen LogP contribution in [-0.2, 0) is 4.79 Å². The molecule has 33 heavy (non-hydrogen) atoms. The summed E-state index contributed by atoms with van der Waals surface area (Å²) >= 11 is 0. The van der Waals surface area contributed by atoms with Crippen LogP contribution in [0.25, 0.3) is 0 Å². The van der Waals surface area contributed by atoms with Gasteiger partial charge in [-0.2, -0.15) is 0 Å². The van der Waals surface area contributed by atoms with Gasteiger partial charge in [-0.25, -0.2) is 0 Å². The zero-order chi connectivity index (χ0) is 25.2. The van der Waals surface area contributed by atoms with Crippen molar-refractivity contribution in [3.8, 4) is 0 Å². The van der Waals surface area contributed by atoms with Crippen LogP contribution in [-0.4, -0.2) is 141 Å². The molecule has 0 aliphatic heterocycles. The average Bonchev–Trinajstić information content (AvgIpc) is 2.78. The largest absolute Gasteiger partial charge is 1.00 e. The molecule has 0 aliphatic carbocycles. The van der Waals surface area contributed by atoms with Crippen LogP contribution in [0.4, 0.5) is 0 Å². The zero-order valence-corrected chi connectivity index (χ0v) is 20.3. The van der Waals surface area contributed by atoms with Gasteiger partial charge in [-0.1, -0.05) is 19.3 Å². The summed E-state index contributed by atoms with van der Waals surface area (Å²) in [4.78, 5) is 10.5. The fourth-order valence-electron chi connectivity index (χ4n) is 2.96. The second-order valence-electron chi connectivity index (χ2n) is 7.67. The minimum absolute atomic E-state index is 0. The summed E-state index contributed by atoms with van der Waals surface area (Å²) in [6.45, 7) is 0.00415. The summed E-state index contributed by atoms with van der Waals surface area (Å²) in [6, 6.07) is 0. The number of carbonyl (C=O) groups excluding carboxylic acids is 1. The third kappa shape index (κ3) is 11.1. The fraction of sp³-hybridized carbons (Fsp3) is 0.944. The molecule has 11 unspecified atom stereocenters. The van der Waals surface area contributed by atoms with E-state index in [1.54, 1.807) is 0 Å². The van der Waals surface area contributed by atoms with E-state index in [1.807, 2.05) is 0 Å². The summed E-state index contributed by atoms with van der Waals surface area (Å²) in [6.07, 6.45) is -23.6. The van der Waals surface area contributed by atoms with Gasteiger partial charge in [0.05, 0.1) is 12.1 Å². The van der Waals surface area contributed by atoms with E-state index in [0.29, 0.717) is 25.7 Å². The molecule has 0 aliphatic rings. The average molecular weight is 498 g/mol. The Labute approximate surface area is 212 Å². The maximum Gasteiger partial charge on any atom is 1.00 e. The molecule has 0 aromatic heterocycles. The van der Waals surface area contributed by atoms with Crippen molar-refractivity contribution in [1.29, 1.82) is 0 Å². The second kappa shape index (κ2) is 17.4. The Kier molecular flexibility index (Phi) is 18.6. The molecular formula is C18H35NaO14. The molecule has 0 rings (SSSR count). The first kappa shape index (κ1) is 35.2. The molecule has 0 amide bonds. The van der Waals surface area contributed by atoms with E-state index in [1.165, 1.54) is 0 Å². The van der Waals surface area contributed by atoms with E-state index in [4.69, 9.17) is 10.2 Å². The Bertz CT molecular complexity index is 528. The van der Waals surface area contributed by atoms with Crippen molar-refractivity contribution in [1.82, 2.24) is 0 Å². The van der Waals surface area contributed by atoms with Gasteiger partial charge in [-0.15, -0.1) is 0 Å². The van der Waals surface area contributed by atoms with Crippen LogP contribution in [0.1, 0.15) is 32.1 Å². The second-order valence-corrected chi connectivity index (χ2v) is 7.67. The molecule has 192 valence electrons. The maximum absolute atomic E-state index is 10.5. The van der Waals surface area contributed by atoms with Gasteiger partial charge >= 0.3 is 29.6 Å². The zero-order valence-electron chi connectivity index (χ0n) is 18.3. The van der Waals surface area contributed by atoms with Gasteiger partial charge in [0.15, 0.2) is 0 Å². The quantitative estimate of drug-likeness (QED) is 0.0655. The van der Waals surface area contributed by atoms with E-state index in [0.717, 1.165) is 0 Å². The molecule has 0 saturated heterocycles. The summed E-state index contributed by atoms with van der Waals surface area (Å²) in [7, 11) is 0. The van der Waals surface area contributed by atoms with Crippen LogP contribution in [0.5, 0.6) is 0 Å². The number of unbranched alkanes of at least 4 members (excludes halogenated alkanes) is 3. The normalized spacial score (nSPS) is 21.9. The minimum Gasteiger partial charge on any atom is -0.547 e. The van der Waals surface area contributed by atoms with Crippen molar-refractivity contribution in [2.24, 2.45) is 0 Å². The van der Waals surface area contributed by atoms with Crippen LogP contribution in [0, 0.1) is 0 Å². The Balaban J connectivity index is 0. The number of rotatable bonds is 17. The van der Waals surface area contributed by atoms with Crippen molar-refractivity contribution in [2.75, 3.05) is 6.61 Å². The van der Waals surface area contributed by atoms with Crippen molar-refractivity contribution >= 4 is 5.97 Å². The number of hydrogen-bond donors (Lipinski definition) is 12. The van der Waals surface area contributed by atoms with Crippen molar-refractivity contribution in [3.63, 3.8) is 0 Å². The van der Waals surface area contributed by atoms with E-state index in [2.05, 4.69) is 0 Å². The summed E-state index contributed by atoms with van der Waals surface area (Å²) in [5, 5.41) is 127. The monoisotopic (exact) mass is 498 g/mol. The summed E-state index contributed by atoms with van der Waals surface area (Å²) in [5.74, 6) is -2.21. The van der Waals surface area contributed by atoms with Crippen molar-refractivity contribution < 1.29 is 101 Å². The number of hydrogen-bond acceptors (Lipinski definition) is 14. The van der Waals surface area contributed by atoms with Gasteiger partial charge in [0.1, 0.15) is 61.0 Å². The van der Waals surface area contributed by atoms with Crippen LogP contribution in [0.2, 0.25) is 0 Å². The third-order valence-corrected chi connectivity index (χ3v) is 5.17. The molecule has 0 bridgehead atoms. The first-order chi connectivity index (χ1) is 14.8. The van der Waals surface area contributed by atoms with Gasteiger partial charge in [0, 0.05) is 6.61 Å². The molecule has 0 heterocycles. The molecule has 0 aromatic rings. The molecule has 15 heteroatoms. The van der Waals surface area contributed by atoms with Crippen LogP contribution < -0.4 is 34.7 Å². The molecule has 0 radical (unpaired) electrons. The standard InChI is InChI=1S/C18H36O14.Na/c19-6-4-2-1-3-5-7(20)8(21)9(22)10(23)11(24)12(25)13(26)14(27)15(28)16(29)17(30)18(31)32;/h7-17,19-30H,1-6H2,(H,31,32);/q;+1/p-1. The Morgan fingerprint density at radius 1 is 0.545 bits per heavy atom. The molecule has 0 saturated carbocycles. The van der Waals surface area contributed by atoms with E-state index in [9.17, 15) is 61.0 Å². The number of carboxylic acid groups (broad SMARTS) is 1. The van der Waals surface area contributed by atoms with E-state index < -0.39 is 73.1 Å². The van der Waals surface area contributed by atoms with Crippen molar-refractivity contribution in [2.45, 2.75) is 99.2 Å². The SMILES string of the molecule is O=C([O-])C(O)C(O)C(O)C(O)C(O)C(O)C(O)C(O)C(O)C(O)C(O)CCCCCCO.[Na+]. The first-order valence-electron chi connectivity index (χ1n) is 10.1. The number of aliphatic hydroxyl groups is 12. The Morgan fingerprint density at radius 2 is 0.879 bits per heavy atom. The smallest absolute Gasteiger partial charge is 0.547 e. The van der Waals surface area contributed by atoms with Gasteiger partial charge in [-0.3, -0.25) is 0 Å². The maximum atomic E-state index is 10.5. The fourth-order valence-corrected chi connectivity index (χ4v) is 2.96. The predicted octanol–water partition coefficient (Wildman–Crippen LogP) is -10.3. The molecule has 14 nitrogen and oxygen atoms in total. The predicted molar refractivity (Wildman–Crippen MR) is 101 cm³/mol. The number of carboxylic acids is 1. The van der Waals surface area contributed by atoms with E-state index >= 15 is 0 Å². The Morgan fingerprint density at radius 3 is 1.24 bits per heavy atom. The molecule has 12 N–H and O–H groups in total. The molecule has 11 atom stereocenters. The van der Waals surface area contributed by atoms with Gasteiger partial charge < -0.3 is 71.2 Å². The molecule has 0 spiro atoms. The molecular weight excluding hydrogens is 463 g/mol. The minimum atomic E-state index is -2.67. The molecule has 0 aromatic carbocycles. The molecule has 0 fully saturated rings. The topological polar surface area (TPSA) is 283 Å². The summed E-state index contributed by atoms with van der Waals surface area (Å²) in [5.41, 5.74) is 0. The van der Waals surface area contributed by atoms with Crippen molar-refractivity contribution in [3.05, 3.63) is 0 Å². The number of aliphatic hydroxyl groups excluding tert-OH is 12. The van der Waals surface area contributed by atoms with Gasteiger partial charge in [0.2, 0.25) is 0 Å². The van der Waals surface area contributed by atoms with Crippen LogP contribution in [0.3, 0.4) is 0 Å². The van der Waals surface area contributed by atoms with Crippen LogP contribution >= 0.6 is 0 Å². The van der Waals surface area contributed by atoms with Crippen LogP contribution in [0.15, 0.2) is 0 Å². The number of aliphatic carboxylic acids is 1. The Hall–Kier alpha value is -0.0100. The third-order valence-electron chi connectivity index (χ3n) is 5.17.